The van der Waals surface area contributed by atoms with Crippen LogP contribution in [0.3, 0.4) is 0 Å². The molecular formula is C15H21N3O3. The molecule has 0 radical (unpaired) electrons. The smallest absolute Gasteiger partial charge is 0.260 e. The zero-order chi connectivity index (χ0) is 15.5. The molecule has 1 aliphatic heterocycles. The Morgan fingerprint density at radius 3 is 2.62 bits per heavy atom. The second kappa shape index (κ2) is 6.03. The molecule has 114 valence electrons. The standard InChI is InChI=1S/C15H21N3O3/c1-15(2)8-3-9-18(15)13(19)10-21-12-6-4-11(5-7-12)14(16)17-20/h4-7,20H,3,8-10H2,1-2H3,(H2,16,17). The third kappa shape index (κ3) is 3.45. The van der Waals surface area contributed by atoms with E-state index in [2.05, 4.69) is 19.0 Å². The number of hydrogen-bond donors (Lipinski definition) is 2. The van der Waals surface area contributed by atoms with Gasteiger partial charge in [-0.2, -0.15) is 0 Å². The Bertz CT molecular complexity index is 538. The number of amides is 1. The van der Waals surface area contributed by atoms with Gasteiger partial charge >= 0.3 is 0 Å². The van der Waals surface area contributed by atoms with Crippen LogP contribution in [0, 0.1) is 0 Å². The number of nitrogens with two attached hydrogens (primary N) is 1. The summed E-state index contributed by atoms with van der Waals surface area (Å²) in [5, 5.41) is 11.5. The minimum atomic E-state index is -0.0870. The zero-order valence-electron chi connectivity index (χ0n) is 12.4. The molecule has 0 aliphatic carbocycles. The number of amidine groups is 1. The van der Waals surface area contributed by atoms with Crippen LogP contribution >= 0.6 is 0 Å². The van der Waals surface area contributed by atoms with Gasteiger partial charge in [0.15, 0.2) is 12.4 Å². The topological polar surface area (TPSA) is 88.2 Å². The SMILES string of the molecule is CC1(C)CCCN1C(=O)COc1ccc(C(N)=NO)cc1. The summed E-state index contributed by atoms with van der Waals surface area (Å²) in [5.74, 6) is 0.615. The van der Waals surface area contributed by atoms with Gasteiger partial charge in [0.25, 0.3) is 5.91 Å². The van der Waals surface area contributed by atoms with Crippen LogP contribution in [0.1, 0.15) is 32.3 Å². The van der Waals surface area contributed by atoms with Crippen molar-refractivity contribution in [3.8, 4) is 5.75 Å². The van der Waals surface area contributed by atoms with E-state index in [0.29, 0.717) is 11.3 Å². The lowest BCUT2D eigenvalue weighted by atomic mass is 10.0. The maximum atomic E-state index is 12.2. The van der Waals surface area contributed by atoms with Gasteiger partial charge in [0.1, 0.15) is 5.75 Å². The largest absolute Gasteiger partial charge is 0.484 e. The Kier molecular flexibility index (Phi) is 4.35. The molecule has 0 bridgehead atoms. The predicted molar refractivity (Wildman–Crippen MR) is 79.5 cm³/mol. The van der Waals surface area contributed by atoms with Gasteiger partial charge in [0.05, 0.1) is 0 Å². The summed E-state index contributed by atoms with van der Waals surface area (Å²) in [6, 6.07) is 6.73. The lowest BCUT2D eigenvalue weighted by Gasteiger charge is -2.31. The van der Waals surface area contributed by atoms with Crippen LogP contribution < -0.4 is 10.5 Å². The molecule has 1 amide bonds. The van der Waals surface area contributed by atoms with Gasteiger partial charge in [-0.15, -0.1) is 0 Å². The average Bonchev–Trinajstić information content (AvgIpc) is 2.84. The Morgan fingerprint density at radius 1 is 1.43 bits per heavy atom. The summed E-state index contributed by atoms with van der Waals surface area (Å²) in [5.41, 5.74) is 5.98. The first-order chi connectivity index (χ1) is 9.94. The molecule has 6 heteroatoms. The normalized spacial score (nSPS) is 17.8. The van der Waals surface area contributed by atoms with Gasteiger partial charge in [-0.1, -0.05) is 5.16 Å². The van der Waals surface area contributed by atoms with E-state index >= 15 is 0 Å². The van der Waals surface area contributed by atoms with Crippen LogP contribution in [-0.4, -0.2) is 40.5 Å². The second-order valence-corrected chi connectivity index (χ2v) is 5.76. The first-order valence-corrected chi connectivity index (χ1v) is 6.95. The molecule has 0 saturated carbocycles. The van der Waals surface area contributed by atoms with E-state index in [9.17, 15) is 4.79 Å². The third-order valence-corrected chi connectivity index (χ3v) is 3.82. The van der Waals surface area contributed by atoms with Crippen molar-refractivity contribution in [2.24, 2.45) is 10.9 Å². The van der Waals surface area contributed by atoms with Crippen LogP contribution in [0.5, 0.6) is 5.75 Å². The van der Waals surface area contributed by atoms with Gasteiger partial charge in [0, 0.05) is 17.6 Å². The van der Waals surface area contributed by atoms with Crippen molar-refractivity contribution in [2.45, 2.75) is 32.2 Å². The minimum Gasteiger partial charge on any atom is -0.484 e. The van der Waals surface area contributed by atoms with E-state index in [-0.39, 0.29) is 23.9 Å². The van der Waals surface area contributed by atoms with Crippen LogP contribution in [0.2, 0.25) is 0 Å². The number of nitrogens with zero attached hydrogens (tertiary/aromatic N) is 2. The van der Waals surface area contributed by atoms with E-state index in [0.717, 1.165) is 19.4 Å². The van der Waals surface area contributed by atoms with Gasteiger partial charge in [-0.3, -0.25) is 4.79 Å². The molecule has 1 saturated heterocycles. The minimum absolute atomic E-state index is 0.00184. The van der Waals surface area contributed by atoms with E-state index in [1.54, 1.807) is 24.3 Å². The van der Waals surface area contributed by atoms with Crippen LogP contribution in [0.4, 0.5) is 0 Å². The third-order valence-electron chi connectivity index (χ3n) is 3.82. The molecular weight excluding hydrogens is 270 g/mol. The predicted octanol–water partition coefficient (Wildman–Crippen LogP) is 1.56. The molecule has 6 nitrogen and oxygen atoms in total. The molecule has 21 heavy (non-hydrogen) atoms. The number of carbonyl (C=O) groups excluding carboxylic acids is 1. The van der Waals surface area contributed by atoms with Crippen LogP contribution in [0.25, 0.3) is 0 Å². The van der Waals surface area contributed by atoms with Crippen molar-refractivity contribution in [2.75, 3.05) is 13.2 Å². The summed E-state index contributed by atoms with van der Waals surface area (Å²) < 4.78 is 5.51. The molecule has 1 aromatic carbocycles. The molecule has 0 spiro atoms. The lowest BCUT2D eigenvalue weighted by molar-refractivity contribution is -0.136. The number of benzene rings is 1. The number of carbonyl (C=O) groups is 1. The lowest BCUT2D eigenvalue weighted by Crippen LogP contribution is -2.44. The van der Waals surface area contributed by atoms with Gasteiger partial charge in [-0.25, -0.2) is 0 Å². The first-order valence-electron chi connectivity index (χ1n) is 6.95. The molecule has 1 aliphatic rings. The second-order valence-electron chi connectivity index (χ2n) is 5.76. The first kappa shape index (κ1) is 15.2. The summed E-state index contributed by atoms with van der Waals surface area (Å²) in [6.07, 6.45) is 2.06. The van der Waals surface area contributed by atoms with Crippen molar-refractivity contribution < 1.29 is 14.7 Å². The van der Waals surface area contributed by atoms with Crippen molar-refractivity contribution in [1.29, 1.82) is 0 Å². The van der Waals surface area contributed by atoms with Crippen molar-refractivity contribution in [1.82, 2.24) is 4.90 Å². The molecule has 1 fully saturated rings. The van der Waals surface area contributed by atoms with E-state index in [4.69, 9.17) is 15.7 Å². The molecule has 2 rings (SSSR count). The Labute approximate surface area is 124 Å². The Hall–Kier alpha value is -2.24. The van der Waals surface area contributed by atoms with Crippen LogP contribution in [-0.2, 0) is 4.79 Å². The summed E-state index contributed by atoms with van der Waals surface area (Å²) in [6.45, 7) is 4.96. The molecule has 3 N–H and O–H groups in total. The van der Waals surface area contributed by atoms with Crippen LogP contribution in [0.15, 0.2) is 29.4 Å². The molecule has 0 atom stereocenters. The summed E-state index contributed by atoms with van der Waals surface area (Å²) >= 11 is 0. The number of rotatable bonds is 4. The molecule has 1 heterocycles. The van der Waals surface area contributed by atoms with Gasteiger partial charge in [-0.05, 0) is 51.0 Å². The van der Waals surface area contributed by atoms with Crippen molar-refractivity contribution in [3.63, 3.8) is 0 Å². The number of ether oxygens (including phenoxy) is 1. The number of oxime groups is 1. The summed E-state index contributed by atoms with van der Waals surface area (Å²) in [4.78, 5) is 14.1. The molecule has 1 aromatic rings. The summed E-state index contributed by atoms with van der Waals surface area (Å²) in [7, 11) is 0. The quantitative estimate of drug-likeness (QED) is 0.381. The fourth-order valence-electron chi connectivity index (χ4n) is 2.57. The monoisotopic (exact) mass is 291 g/mol. The fraction of sp³-hybridized carbons (Fsp3) is 0.467. The highest BCUT2D eigenvalue weighted by molar-refractivity contribution is 5.97. The zero-order valence-corrected chi connectivity index (χ0v) is 12.4. The highest BCUT2D eigenvalue weighted by atomic mass is 16.5. The average molecular weight is 291 g/mol. The molecule has 0 aromatic heterocycles. The van der Waals surface area contributed by atoms with E-state index in [1.165, 1.54) is 0 Å². The highest BCUT2D eigenvalue weighted by Crippen LogP contribution is 2.28. The van der Waals surface area contributed by atoms with Gasteiger partial charge < -0.3 is 20.6 Å². The van der Waals surface area contributed by atoms with E-state index in [1.807, 2.05) is 4.90 Å². The number of hydrogen-bond acceptors (Lipinski definition) is 4. The Balaban J connectivity index is 1.93. The fourth-order valence-corrected chi connectivity index (χ4v) is 2.57. The van der Waals surface area contributed by atoms with Crippen molar-refractivity contribution in [3.05, 3.63) is 29.8 Å². The Morgan fingerprint density at radius 2 is 2.10 bits per heavy atom. The maximum Gasteiger partial charge on any atom is 0.260 e. The van der Waals surface area contributed by atoms with Crippen molar-refractivity contribution >= 4 is 11.7 Å². The molecule has 0 unspecified atom stereocenters. The van der Waals surface area contributed by atoms with E-state index < -0.39 is 0 Å². The number of likely N-dealkylation sites (tertiary alicyclic amines) is 1. The maximum absolute atomic E-state index is 12.2. The van der Waals surface area contributed by atoms with Gasteiger partial charge in [0.2, 0.25) is 0 Å². The highest BCUT2D eigenvalue weighted by Gasteiger charge is 2.35.